The number of benzene rings is 1. The van der Waals surface area contributed by atoms with Crippen LogP contribution in [0.2, 0.25) is 0 Å². The van der Waals surface area contributed by atoms with Gasteiger partial charge in [-0.2, -0.15) is 4.31 Å². The molecular weight excluding hydrogens is 426 g/mol. The molecule has 2 N–H and O–H groups in total. The van der Waals surface area contributed by atoms with E-state index in [4.69, 9.17) is 4.74 Å². The van der Waals surface area contributed by atoms with Gasteiger partial charge in [0.1, 0.15) is 10.8 Å². The number of carbonyl (C=O) groups is 2. The first-order chi connectivity index (χ1) is 14.3. The van der Waals surface area contributed by atoms with Crippen LogP contribution in [0.3, 0.4) is 0 Å². The van der Waals surface area contributed by atoms with Crippen LogP contribution < -0.4 is 10.6 Å². The Labute approximate surface area is 180 Å². The van der Waals surface area contributed by atoms with Crippen LogP contribution in [-0.2, 0) is 24.3 Å². The number of methoxy groups -OCH3 is 1. The molecule has 30 heavy (non-hydrogen) atoms. The van der Waals surface area contributed by atoms with Crippen molar-refractivity contribution in [2.75, 3.05) is 37.4 Å². The lowest BCUT2D eigenvalue weighted by Gasteiger charge is -2.30. The molecule has 0 saturated carbocycles. The van der Waals surface area contributed by atoms with Crippen LogP contribution in [0, 0.1) is 12.8 Å². The Balaban J connectivity index is 1.65. The number of sulfonamides is 1. The molecule has 1 aliphatic rings. The first-order valence-corrected chi connectivity index (χ1v) is 11.8. The van der Waals surface area contributed by atoms with Crippen molar-refractivity contribution in [3.05, 3.63) is 41.3 Å². The molecule has 1 aliphatic heterocycles. The maximum absolute atomic E-state index is 12.9. The van der Waals surface area contributed by atoms with E-state index in [1.807, 2.05) is 6.92 Å². The first kappa shape index (κ1) is 22.4. The van der Waals surface area contributed by atoms with Gasteiger partial charge in [-0.1, -0.05) is 6.07 Å². The van der Waals surface area contributed by atoms with Gasteiger partial charge < -0.3 is 15.4 Å². The minimum atomic E-state index is -3.59. The fraction of sp³-hybridized carbons (Fsp3) is 0.400. The van der Waals surface area contributed by atoms with E-state index in [0.717, 1.165) is 4.88 Å². The highest BCUT2D eigenvalue weighted by Crippen LogP contribution is 2.29. The summed E-state index contributed by atoms with van der Waals surface area (Å²) in [7, 11) is -2.16. The van der Waals surface area contributed by atoms with Crippen molar-refractivity contribution >= 4 is 44.5 Å². The fourth-order valence-corrected chi connectivity index (χ4v) is 6.26. The Kier molecular flexibility index (Phi) is 7.24. The Morgan fingerprint density at radius 1 is 1.20 bits per heavy atom. The average molecular weight is 452 g/mol. The van der Waals surface area contributed by atoms with E-state index in [-0.39, 0.29) is 25.0 Å². The molecule has 2 aromatic rings. The predicted octanol–water partition coefficient (Wildman–Crippen LogP) is 2.68. The molecule has 2 amide bonds. The molecule has 1 aromatic heterocycles. The van der Waals surface area contributed by atoms with E-state index in [0.29, 0.717) is 35.0 Å². The SMILES string of the molecule is COCC(=O)Nc1cccc(NC(=O)C2CCCN(S(=O)(=O)c3ccc(C)s3)C2)c1. The molecule has 1 saturated heterocycles. The summed E-state index contributed by atoms with van der Waals surface area (Å²) in [6.45, 7) is 2.36. The Hall–Kier alpha value is -2.27. The second-order valence-corrected chi connectivity index (χ2v) is 10.6. The molecule has 0 radical (unpaired) electrons. The smallest absolute Gasteiger partial charge is 0.252 e. The average Bonchev–Trinajstić information content (AvgIpc) is 3.16. The van der Waals surface area contributed by atoms with E-state index in [2.05, 4.69) is 10.6 Å². The standard InChI is InChI=1S/C20H25N3O5S2/c1-14-8-9-19(29-14)30(26,27)23-10-4-5-15(12-23)20(25)22-17-7-3-6-16(11-17)21-18(24)13-28-2/h3,6-9,11,15H,4-5,10,12-13H2,1-2H3,(H,21,24)(H,22,25). The van der Waals surface area contributed by atoms with E-state index < -0.39 is 15.9 Å². The van der Waals surface area contributed by atoms with E-state index in [1.165, 1.54) is 22.8 Å². The topological polar surface area (TPSA) is 105 Å². The molecule has 0 spiro atoms. The summed E-state index contributed by atoms with van der Waals surface area (Å²) in [5, 5.41) is 5.51. The number of nitrogens with one attached hydrogen (secondary N) is 2. The molecule has 0 aliphatic carbocycles. The van der Waals surface area contributed by atoms with Crippen LogP contribution in [0.1, 0.15) is 17.7 Å². The lowest BCUT2D eigenvalue weighted by atomic mass is 9.98. The summed E-state index contributed by atoms with van der Waals surface area (Å²) in [6.07, 6.45) is 1.24. The van der Waals surface area contributed by atoms with Gasteiger partial charge in [0.2, 0.25) is 11.8 Å². The minimum absolute atomic E-state index is 0.0628. The highest BCUT2D eigenvalue weighted by Gasteiger charge is 2.34. The number of nitrogens with zero attached hydrogens (tertiary/aromatic N) is 1. The molecule has 10 heteroatoms. The van der Waals surface area contributed by atoms with E-state index in [9.17, 15) is 18.0 Å². The predicted molar refractivity (Wildman–Crippen MR) is 116 cm³/mol. The summed E-state index contributed by atoms with van der Waals surface area (Å²) in [6, 6.07) is 10.2. The number of thiophene rings is 1. The monoisotopic (exact) mass is 451 g/mol. The number of rotatable bonds is 7. The number of ether oxygens (including phenoxy) is 1. The maximum Gasteiger partial charge on any atom is 0.252 e. The normalized spacial score (nSPS) is 17.5. The third-order valence-corrected chi connectivity index (χ3v) is 8.09. The van der Waals surface area contributed by atoms with Gasteiger partial charge in [-0.25, -0.2) is 8.42 Å². The van der Waals surface area contributed by atoms with E-state index >= 15 is 0 Å². The molecule has 2 heterocycles. The number of hydrogen-bond acceptors (Lipinski definition) is 6. The lowest BCUT2D eigenvalue weighted by Crippen LogP contribution is -2.43. The molecule has 0 bridgehead atoms. The zero-order valence-electron chi connectivity index (χ0n) is 16.9. The minimum Gasteiger partial charge on any atom is -0.375 e. The summed E-state index contributed by atoms with van der Waals surface area (Å²) >= 11 is 1.24. The van der Waals surface area contributed by atoms with Crippen molar-refractivity contribution in [3.8, 4) is 0 Å². The molecule has 1 aromatic carbocycles. The van der Waals surface area contributed by atoms with Gasteiger partial charge in [0.25, 0.3) is 10.0 Å². The number of piperidine rings is 1. The highest BCUT2D eigenvalue weighted by atomic mass is 32.2. The van der Waals surface area contributed by atoms with Gasteiger partial charge in [0, 0.05) is 36.5 Å². The lowest BCUT2D eigenvalue weighted by molar-refractivity contribution is -0.121. The van der Waals surface area contributed by atoms with Crippen molar-refractivity contribution < 1.29 is 22.7 Å². The van der Waals surface area contributed by atoms with Crippen molar-refractivity contribution in [2.24, 2.45) is 5.92 Å². The molecule has 162 valence electrons. The van der Waals surface area contributed by atoms with Crippen molar-refractivity contribution in [2.45, 2.75) is 24.0 Å². The van der Waals surface area contributed by atoms with Gasteiger partial charge >= 0.3 is 0 Å². The highest BCUT2D eigenvalue weighted by molar-refractivity contribution is 7.91. The Bertz CT molecular complexity index is 1020. The molecule has 1 fully saturated rings. The van der Waals surface area contributed by atoms with Crippen LogP contribution >= 0.6 is 11.3 Å². The Morgan fingerprint density at radius 3 is 2.60 bits per heavy atom. The van der Waals surface area contributed by atoms with Gasteiger partial charge in [0.15, 0.2) is 0 Å². The molecular formula is C20H25N3O5S2. The maximum atomic E-state index is 12.9. The van der Waals surface area contributed by atoms with Crippen LogP contribution in [0.25, 0.3) is 0 Å². The molecule has 3 rings (SSSR count). The van der Waals surface area contributed by atoms with Crippen LogP contribution in [-0.4, -0.2) is 51.3 Å². The van der Waals surface area contributed by atoms with Gasteiger partial charge in [-0.3, -0.25) is 9.59 Å². The number of amides is 2. The second-order valence-electron chi connectivity index (χ2n) is 7.12. The van der Waals surface area contributed by atoms with E-state index in [1.54, 1.807) is 36.4 Å². The third kappa shape index (κ3) is 5.45. The van der Waals surface area contributed by atoms with Gasteiger partial charge in [0.05, 0.1) is 5.92 Å². The molecule has 1 atom stereocenters. The van der Waals surface area contributed by atoms with Crippen molar-refractivity contribution in [1.82, 2.24) is 4.31 Å². The summed E-state index contributed by atoms with van der Waals surface area (Å²) in [5.74, 6) is -0.975. The number of anilines is 2. The Morgan fingerprint density at radius 2 is 1.93 bits per heavy atom. The molecule has 1 unspecified atom stereocenters. The van der Waals surface area contributed by atoms with Crippen LogP contribution in [0.4, 0.5) is 11.4 Å². The number of carbonyl (C=O) groups excluding carboxylic acids is 2. The second kappa shape index (κ2) is 9.69. The molecule has 8 nitrogen and oxygen atoms in total. The quantitative estimate of drug-likeness (QED) is 0.673. The van der Waals surface area contributed by atoms with Gasteiger partial charge in [-0.05, 0) is 50.1 Å². The number of hydrogen-bond donors (Lipinski definition) is 2. The third-order valence-electron chi connectivity index (χ3n) is 4.75. The van der Waals surface area contributed by atoms with Crippen LogP contribution in [0.15, 0.2) is 40.6 Å². The zero-order chi connectivity index (χ0) is 21.7. The van der Waals surface area contributed by atoms with Crippen LogP contribution in [0.5, 0.6) is 0 Å². The number of aryl methyl sites for hydroxylation is 1. The van der Waals surface area contributed by atoms with Crippen molar-refractivity contribution in [3.63, 3.8) is 0 Å². The summed E-state index contributed by atoms with van der Waals surface area (Å²) < 4.78 is 32.3. The largest absolute Gasteiger partial charge is 0.375 e. The summed E-state index contributed by atoms with van der Waals surface area (Å²) in [5.41, 5.74) is 1.07. The summed E-state index contributed by atoms with van der Waals surface area (Å²) in [4.78, 5) is 25.4. The zero-order valence-corrected chi connectivity index (χ0v) is 18.5. The van der Waals surface area contributed by atoms with Gasteiger partial charge in [-0.15, -0.1) is 11.3 Å². The first-order valence-electron chi connectivity index (χ1n) is 9.56. The van der Waals surface area contributed by atoms with Crippen molar-refractivity contribution in [1.29, 1.82) is 0 Å². The fourth-order valence-electron chi connectivity index (χ4n) is 3.30.